The summed E-state index contributed by atoms with van der Waals surface area (Å²) in [6, 6.07) is 3.31. The third-order valence-electron chi connectivity index (χ3n) is 4.18. The van der Waals surface area contributed by atoms with Gasteiger partial charge in [0.15, 0.2) is 0 Å². The van der Waals surface area contributed by atoms with Gasteiger partial charge in [-0.05, 0) is 36.8 Å². The van der Waals surface area contributed by atoms with E-state index in [9.17, 15) is 8.42 Å². The minimum Gasteiger partial charge on any atom is -0.370 e. The number of aromatic nitrogens is 1. The third-order valence-corrected chi connectivity index (χ3v) is 5.59. The zero-order valence-corrected chi connectivity index (χ0v) is 13.6. The molecule has 1 saturated carbocycles. The van der Waals surface area contributed by atoms with E-state index < -0.39 is 10.0 Å². The van der Waals surface area contributed by atoms with E-state index in [1.165, 1.54) is 19.0 Å². The maximum absolute atomic E-state index is 12.2. The van der Waals surface area contributed by atoms with Crippen molar-refractivity contribution >= 4 is 15.8 Å². The van der Waals surface area contributed by atoms with Gasteiger partial charge in [0.05, 0.1) is 0 Å². The average molecular weight is 311 g/mol. The number of rotatable bonds is 7. The summed E-state index contributed by atoms with van der Waals surface area (Å²) in [5.41, 5.74) is 0. The first kappa shape index (κ1) is 16.2. The normalized spacial score (nSPS) is 22.4. The Kier molecular flexibility index (Phi) is 5.58. The van der Waals surface area contributed by atoms with E-state index in [0.717, 1.165) is 19.4 Å². The van der Waals surface area contributed by atoms with Crippen molar-refractivity contribution in [1.82, 2.24) is 9.71 Å². The van der Waals surface area contributed by atoms with Crippen LogP contribution in [0.15, 0.2) is 23.2 Å². The molecule has 0 bridgehead atoms. The Bertz CT molecular complexity index is 543. The van der Waals surface area contributed by atoms with E-state index in [4.69, 9.17) is 0 Å². The minimum atomic E-state index is -3.45. The molecule has 1 heterocycles. The molecule has 2 rings (SSSR count). The highest BCUT2D eigenvalue weighted by Crippen LogP contribution is 2.30. The first-order valence-electron chi connectivity index (χ1n) is 7.72. The molecule has 1 fully saturated rings. The van der Waals surface area contributed by atoms with Crippen LogP contribution in [0.4, 0.5) is 5.82 Å². The summed E-state index contributed by atoms with van der Waals surface area (Å²) < 4.78 is 27.2. The highest BCUT2D eigenvalue weighted by Gasteiger charge is 2.25. The molecular weight excluding hydrogens is 286 g/mol. The first-order valence-corrected chi connectivity index (χ1v) is 9.21. The fourth-order valence-corrected chi connectivity index (χ4v) is 3.76. The van der Waals surface area contributed by atoms with Crippen molar-refractivity contribution in [2.24, 2.45) is 11.8 Å². The van der Waals surface area contributed by atoms with Crippen LogP contribution in [-0.2, 0) is 10.0 Å². The van der Waals surface area contributed by atoms with E-state index >= 15 is 0 Å². The number of sulfonamides is 1. The van der Waals surface area contributed by atoms with Gasteiger partial charge in [-0.3, -0.25) is 0 Å². The SMILES string of the molecule is CCCNc1ccc(S(=O)(=O)NCC2CCCC2C)cn1. The van der Waals surface area contributed by atoms with Crippen molar-refractivity contribution in [3.63, 3.8) is 0 Å². The van der Waals surface area contributed by atoms with Crippen LogP contribution in [0.1, 0.15) is 39.5 Å². The monoisotopic (exact) mass is 311 g/mol. The van der Waals surface area contributed by atoms with Crippen molar-refractivity contribution < 1.29 is 8.42 Å². The standard InChI is InChI=1S/C15H25N3O2S/c1-3-9-16-15-8-7-14(11-17-15)21(19,20)18-10-13-6-4-5-12(13)2/h7-8,11-13,18H,3-6,9-10H2,1-2H3,(H,16,17). The Hall–Kier alpha value is -1.14. The van der Waals surface area contributed by atoms with E-state index in [1.807, 2.05) is 0 Å². The van der Waals surface area contributed by atoms with E-state index in [-0.39, 0.29) is 4.90 Å². The molecule has 5 nitrogen and oxygen atoms in total. The molecule has 0 aromatic carbocycles. The summed E-state index contributed by atoms with van der Waals surface area (Å²) in [7, 11) is -3.45. The molecule has 2 unspecified atom stereocenters. The maximum atomic E-state index is 12.2. The predicted octanol–water partition coefficient (Wildman–Crippen LogP) is 2.62. The Morgan fingerprint density at radius 1 is 1.33 bits per heavy atom. The molecule has 21 heavy (non-hydrogen) atoms. The van der Waals surface area contributed by atoms with Crippen molar-refractivity contribution in [2.75, 3.05) is 18.4 Å². The van der Waals surface area contributed by atoms with Gasteiger partial charge in [0.1, 0.15) is 10.7 Å². The molecule has 0 spiro atoms. The van der Waals surface area contributed by atoms with Crippen LogP contribution >= 0.6 is 0 Å². The second kappa shape index (κ2) is 7.22. The van der Waals surface area contributed by atoms with Gasteiger partial charge in [-0.15, -0.1) is 0 Å². The maximum Gasteiger partial charge on any atom is 0.242 e. The second-order valence-electron chi connectivity index (χ2n) is 5.83. The number of anilines is 1. The van der Waals surface area contributed by atoms with Gasteiger partial charge in [0, 0.05) is 19.3 Å². The third kappa shape index (κ3) is 4.41. The first-order chi connectivity index (χ1) is 10.0. The Morgan fingerprint density at radius 3 is 2.71 bits per heavy atom. The van der Waals surface area contributed by atoms with Gasteiger partial charge < -0.3 is 5.32 Å². The molecule has 0 amide bonds. The van der Waals surface area contributed by atoms with E-state index in [0.29, 0.717) is 24.2 Å². The van der Waals surface area contributed by atoms with Gasteiger partial charge in [-0.25, -0.2) is 18.1 Å². The highest BCUT2D eigenvalue weighted by molar-refractivity contribution is 7.89. The van der Waals surface area contributed by atoms with Crippen molar-refractivity contribution in [3.05, 3.63) is 18.3 Å². The smallest absolute Gasteiger partial charge is 0.242 e. The van der Waals surface area contributed by atoms with Crippen LogP contribution < -0.4 is 10.0 Å². The molecule has 0 saturated heterocycles. The molecule has 0 aliphatic heterocycles. The lowest BCUT2D eigenvalue weighted by molar-refractivity contribution is 0.414. The summed E-state index contributed by atoms with van der Waals surface area (Å²) in [4.78, 5) is 4.38. The average Bonchev–Trinajstić information content (AvgIpc) is 2.89. The predicted molar refractivity (Wildman–Crippen MR) is 84.7 cm³/mol. The fraction of sp³-hybridized carbons (Fsp3) is 0.667. The lowest BCUT2D eigenvalue weighted by atomic mass is 9.99. The van der Waals surface area contributed by atoms with Crippen LogP contribution in [0.2, 0.25) is 0 Å². The number of pyridine rings is 1. The van der Waals surface area contributed by atoms with Gasteiger partial charge >= 0.3 is 0 Å². The molecule has 1 aromatic rings. The van der Waals surface area contributed by atoms with Gasteiger partial charge in [0.2, 0.25) is 10.0 Å². The van der Waals surface area contributed by atoms with Gasteiger partial charge in [-0.1, -0.05) is 26.7 Å². The lowest BCUT2D eigenvalue weighted by Gasteiger charge is -2.16. The van der Waals surface area contributed by atoms with Crippen LogP contribution in [0, 0.1) is 11.8 Å². The topological polar surface area (TPSA) is 71.1 Å². The molecule has 6 heteroatoms. The molecule has 2 N–H and O–H groups in total. The molecule has 2 atom stereocenters. The Balaban J connectivity index is 1.95. The molecule has 1 aromatic heterocycles. The number of hydrogen-bond acceptors (Lipinski definition) is 4. The lowest BCUT2D eigenvalue weighted by Crippen LogP contribution is -2.30. The van der Waals surface area contributed by atoms with Crippen molar-refractivity contribution in [2.45, 2.75) is 44.4 Å². The van der Waals surface area contributed by atoms with Crippen molar-refractivity contribution in [1.29, 1.82) is 0 Å². The minimum absolute atomic E-state index is 0.232. The van der Waals surface area contributed by atoms with E-state index in [1.54, 1.807) is 12.1 Å². The number of nitrogens with zero attached hydrogens (tertiary/aromatic N) is 1. The number of hydrogen-bond donors (Lipinski definition) is 2. The molecular formula is C15H25N3O2S. The summed E-state index contributed by atoms with van der Waals surface area (Å²) >= 11 is 0. The largest absolute Gasteiger partial charge is 0.370 e. The van der Waals surface area contributed by atoms with Gasteiger partial charge in [-0.2, -0.15) is 0 Å². The van der Waals surface area contributed by atoms with Crippen LogP contribution in [0.25, 0.3) is 0 Å². The highest BCUT2D eigenvalue weighted by atomic mass is 32.2. The quantitative estimate of drug-likeness (QED) is 0.812. The zero-order chi connectivity index (χ0) is 15.3. The van der Waals surface area contributed by atoms with E-state index in [2.05, 4.69) is 28.9 Å². The van der Waals surface area contributed by atoms with Gasteiger partial charge in [0.25, 0.3) is 0 Å². The summed E-state index contributed by atoms with van der Waals surface area (Å²) in [5, 5.41) is 3.13. The zero-order valence-electron chi connectivity index (χ0n) is 12.8. The van der Waals surface area contributed by atoms with Crippen LogP contribution in [-0.4, -0.2) is 26.5 Å². The number of nitrogens with one attached hydrogen (secondary N) is 2. The second-order valence-corrected chi connectivity index (χ2v) is 7.59. The molecule has 1 aliphatic rings. The molecule has 0 radical (unpaired) electrons. The molecule has 118 valence electrons. The Labute approximate surface area is 127 Å². The summed E-state index contributed by atoms with van der Waals surface area (Å²) in [6.07, 6.45) is 5.93. The van der Waals surface area contributed by atoms with Crippen LogP contribution in [0.3, 0.4) is 0 Å². The Morgan fingerprint density at radius 2 is 2.14 bits per heavy atom. The summed E-state index contributed by atoms with van der Waals surface area (Å²) in [5.74, 6) is 1.77. The molecule has 1 aliphatic carbocycles. The van der Waals surface area contributed by atoms with Crippen molar-refractivity contribution in [3.8, 4) is 0 Å². The fourth-order valence-electron chi connectivity index (χ4n) is 2.72. The summed E-state index contributed by atoms with van der Waals surface area (Å²) in [6.45, 7) is 5.62. The van der Waals surface area contributed by atoms with Crippen LogP contribution in [0.5, 0.6) is 0 Å².